The van der Waals surface area contributed by atoms with Gasteiger partial charge in [0.25, 0.3) is 0 Å². The lowest BCUT2D eigenvalue weighted by molar-refractivity contribution is 0.768. The standard InChI is InChI=1S/C13H12BrN3/c1-9(2)13-5-6-17(16-13)11-4-3-10(8-15)12(14)7-11/h3-7,9H,1-2H3. The largest absolute Gasteiger partial charge is 0.241 e. The quantitative estimate of drug-likeness (QED) is 0.847. The van der Waals surface area contributed by atoms with E-state index in [0.717, 1.165) is 15.9 Å². The molecule has 0 aliphatic rings. The second-order valence-electron chi connectivity index (χ2n) is 4.12. The van der Waals surface area contributed by atoms with E-state index in [-0.39, 0.29) is 0 Å². The average molecular weight is 290 g/mol. The molecule has 0 radical (unpaired) electrons. The van der Waals surface area contributed by atoms with Crippen LogP contribution in [0.3, 0.4) is 0 Å². The molecule has 0 atom stereocenters. The van der Waals surface area contributed by atoms with Crippen LogP contribution in [0.4, 0.5) is 0 Å². The maximum Gasteiger partial charge on any atom is 0.100 e. The molecule has 0 N–H and O–H groups in total. The van der Waals surface area contributed by atoms with Crippen LogP contribution in [0, 0.1) is 11.3 Å². The number of nitriles is 1. The number of rotatable bonds is 2. The van der Waals surface area contributed by atoms with Gasteiger partial charge in [-0.05, 0) is 46.1 Å². The van der Waals surface area contributed by atoms with Crippen molar-refractivity contribution in [1.29, 1.82) is 5.26 Å². The van der Waals surface area contributed by atoms with Gasteiger partial charge in [0.05, 0.1) is 16.9 Å². The van der Waals surface area contributed by atoms with E-state index in [1.165, 1.54) is 0 Å². The van der Waals surface area contributed by atoms with E-state index in [4.69, 9.17) is 5.26 Å². The zero-order valence-corrected chi connectivity index (χ0v) is 11.3. The van der Waals surface area contributed by atoms with Gasteiger partial charge in [-0.1, -0.05) is 13.8 Å². The molecule has 0 spiro atoms. The second kappa shape index (κ2) is 4.72. The van der Waals surface area contributed by atoms with Gasteiger partial charge in [-0.2, -0.15) is 10.4 Å². The Balaban J connectivity index is 2.40. The van der Waals surface area contributed by atoms with E-state index in [1.54, 1.807) is 6.07 Å². The van der Waals surface area contributed by atoms with Crippen LogP contribution in [0.25, 0.3) is 5.69 Å². The van der Waals surface area contributed by atoms with E-state index in [0.29, 0.717) is 11.5 Å². The summed E-state index contributed by atoms with van der Waals surface area (Å²) in [6.07, 6.45) is 1.93. The first-order chi connectivity index (χ1) is 8.11. The number of halogens is 1. The summed E-state index contributed by atoms with van der Waals surface area (Å²) < 4.78 is 2.61. The van der Waals surface area contributed by atoms with Crippen molar-refractivity contribution in [2.24, 2.45) is 0 Å². The zero-order chi connectivity index (χ0) is 12.4. The summed E-state index contributed by atoms with van der Waals surface area (Å²) in [5.74, 6) is 0.415. The summed E-state index contributed by atoms with van der Waals surface area (Å²) in [4.78, 5) is 0. The Hall–Kier alpha value is -1.60. The Morgan fingerprint density at radius 3 is 2.65 bits per heavy atom. The fourth-order valence-corrected chi connectivity index (χ4v) is 1.98. The van der Waals surface area contributed by atoms with Crippen LogP contribution < -0.4 is 0 Å². The van der Waals surface area contributed by atoms with Gasteiger partial charge in [-0.3, -0.25) is 0 Å². The average Bonchev–Trinajstić information content (AvgIpc) is 2.78. The highest BCUT2D eigenvalue weighted by atomic mass is 79.9. The third-order valence-electron chi connectivity index (χ3n) is 2.54. The Bertz CT molecular complexity index is 579. The van der Waals surface area contributed by atoms with Gasteiger partial charge in [-0.25, -0.2) is 4.68 Å². The number of hydrogen-bond donors (Lipinski definition) is 0. The minimum atomic E-state index is 0.415. The monoisotopic (exact) mass is 289 g/mol. The minimum Gasteiger partial charge on any atom is -0.241 e. The smallest absolute Gasteiger partial charge is 0.100 e. The molecule has 0 aliphatic heterocycles. The van der Waals surface area contributed by atoms with Crippen molar-refractivity contribution in [3.05, 3.63) is 46.2 Å². The van der Waals surface area contributed by atoms with Crippen LogP contribution in [0.2, 0.25) is 0 Å². The van der Waals surface area contributed by atoms with Crippen molar-refractivity contribution in [3.8, 4) is 11.8 Å². The lowest BCUT2D eigenvalue weighted by atomic mass is 10.1. The molecule has 0 fully saturated rings. The molecular formula is C13H12BrN3. The molecule has 3 nitrogen and oxygen atoms in total. The molecule has 0 aliphatic carbocycles. The highest BCUT2D eigenvalue weighted by Crippen LogP contribution is 2.21. The predicted octanol–water partition coefficient (Wildman–Crippen LogP) is 3.63. The zero-order valence-electron chi connectivity index (χ0n) is 9.68. The van der Waals surface area contributed by atoms with Crippen LogP contribution in [0.15, 0.2) is 34.9 Å². The van der Waals surface area contributed by atoms with E-state index in [2.05, 4.69) is 40.9 Å². The molecule has 1 aromatic carbocycles. The summed E-state index contributed by atoms with van der Waals surface area (Å²) in [6.45, 7) is 4.22. The lowest BCUT2D eigenvalue weighted by Gasteiger charge is -2.03. The Morgan fingerprint density at radius 1 is 1.35 bits per heavy atom. The maximum absolute atomic E-state index is 8.85. The van der Waals surface area contributed by atoms with Crippen molar-refractivity contribution in [1.82, 2.24) is 9.78 Å². The van der Waals surface area contributed by atoms with Crippen molar-refractivity contribution in [3.63, 3.8) is 0 Å². The van der Waals surface area contributed by atoms with Gasteiger partial charge in [0.15, 0.2) is 0 Å². The van der Waals surface area contributed by atoms with Crippen LogP contribution in [0.1, 0.15) is 31.0 Å². The molecule has 1 aromatic heterocycles. The first kappa shape index (κ1) is 11.9. The van der Waals surface area contributed by atoms with Gasteiger partial charge < -0.3 is 0 Å². The molecule has 2 aromatic rings. The maximum atomic E-state index is 8.85. The molecule has 0 amide bonds. The number of benzene rings is 1. The van der Waals surface area contributed by atoms with Gasteiger partial charge in [-0.15, -0.1) is 0 Å². The van der Waals surface area contributed by atoms with Crippen molar-refractivity contribution < 1.29 is 0 Å². The summed E-state index contributed by atoms with van der Waals surface area (Å²) in [6, 6.07) is 9.71. The molecular weight excluding hydrogens is 278 g/mol. The lowest BCUT2D eigenvalue weighted by Crippen LogP contribution is -1.97. The van der Waals surface area contributed by atoms with E-state index in [9.17, 15) is 0 Å². The molecule has 17 heavy (non-hydrogen) atoms. The first-order valence-corrected chi connectivity index (χ1v) is 6.16. The summed E-state index contributed by atoms with van der Waals surface area (Å²) in [5, 5.41) is 13.3. The van der Waals surface area contributed by atoms with E-state index < -0.39 is 0 Å². The third-order valence-corrected chi connectivity index (χ3v) is 3.19. The highest BCUT2D eigenvalue weighted by molar-refractivity contribution is 9.10. The molecule has 86 valence electrons. The Kier molecular flexibility index (Phi) is 3.30. The SMILES string of the molecule is CC(C)c1ccn(-c2ccc(C#N)c(Br)c2)n1. The van der Waals surface area contributed by atoms with E-state index in [1.807, 2.05) is 29.1 Å². The van der Waals surface area contributed by atoms with Crippen molar-refractivity contribution >= 4 is 15.9 Å². The molecule has 2 rings (SSSR count). The topological polar surface area (TPSA) is 41.6 Å². The van der Waals surface area contributed by atoms with Crippen LogP contribution in [-0.4, -0.2) is 9.78 Å². The van der Waals surface area contributed by atoms with Crippen molar-refractivity contribution in [2.45, 2.75) is 19.8 Å². The highest BCUT2D eigenvalue weighted by Gasteiger charge is 2.06. The third kappa shape index (κ3) is 2.40. The molecule has 0 bridgehead atoms. The number of hydrogen-bond acceptors (Lipinski definition) is 2. The fraction of sp³-hybridized carbons (Fsp3) is 0.231. The normalized spacial score (nSPS) is 10.5. The number of nitrogens with zero attached hydrogens (tertiary/aromatic N) is 3. The van der Waals surface area contributed by atoms with Crippen LogP contribution in [-0.2, 0) is 0 Å². The molecule has 0 unspecified atom stereocenters. The van der Waals surface area contributed by atoms with E-state index >= 15 is 0 Å². The van der Waals surface area contributed by atoms with Crippen molar-refractivity contribution in [2.75, 3.05) is 0 Å². The Labute approximate surface area is 109 Å². The molecule has 4 heteroatoms. The summed E-state index contributed by atoms with van der Waals surface area (Å²) in [7, 11) is 0. The van der Waals surface area contributed by atoms with Crippen LogP contribution in [0.5, 0.6) is 0 Å². The Morgan fingerprint density at radius 2 is 2.12 bits per heavy atom. The molecule has 0 saturated heterocycles. The van der Waals surface area contributed by atoms with Gasteiger partial charge in [0.1, 0.15) is 6.07 Å². The predicted molar refractivity (Wildman–Crippen MR) is 70.1 cm³/mol. The van der Waals surface area contributed by atoms with Gasteiger partial charge in [0.2, 0.25) is 0 Å². The van der Waals surface area contributed by atoms with Gasteiger partial charge >= 0.3 is 0 Å². The van der Waals surface area contributed by atoms with Gasteiger partial charge in [0, 0.05) is 10.7 Å². The fourth-order valence-electron chi connectivity index (χ4n) is 1.53. The number of aromatic nitrogens is 2. The van der Waals surface area contributed by atoms with Crippen LogP contribution >= 0.6 is 15.9 Å². The molecule has 0 saturated carbocycles. The first-order valence-electron chi connectivity index (χ1n) is 5.37. The summed E-state index contributed by atoms with van der Waals surface area (Å²) in [5.41, 5.74) is 2.64. The second-order valence-corrected chi connectivity index (χ2v) is 4.97. The minimum absolute atomic E-state index is 0.415. The summed E-state index contributed by atoms with van der Waals surface area (Å²) >= 11 is 3.38. The molecule has 1 heterocycles.